The molecule has 144 valence electrons. The lowest BCUT2D eigenvalue weighted by Crippen LogP contribution is -2.40. The fourth-order valence-electron chi connectivity index (χ4n) is 2.88. The van der Waals surface area contributed by atoms with Crippen molar-refractivity contribution in [2.75, 3.05) is 23.3 Å². The number of hydrogen-bond donors (Lipinski definition) is 2. The third-order valence-corrected chi connectivity index (χ3v) is 4.09. The fourth-order valence-corrected chi connectivity index (χ4v) is 2.88. The summed E-state index contributed by atoms with van der Waals surface area (Å²) in [5, 5.41) is 3.02. The van der Waals surface area contributed by atoms with Crippen LogP contribution < -0.4 is 15.9 Å². The highest BCUT2D eigenvalue weighted by molar-refractivity contribution is 6.01. The van der Waals surface area contributed by atoms with E-state index in [4.69, 9.17) is 0 Å². The van der Waals surface area contributed by atoms with E-state index in [0.29, 0.717) is 19.6 Å². The summed E-state index contributed by atoms with van der Waals surface area (Å²) in [5.74, 6) is 0.815. The summed E-state index contributed by atoms with van der Waals surface area (Å²) in [6.45, 7) is 9.66. The number of imidazole rings is 1. The maximum absolute atomic E-state index is 11.4. The predicted octanol–water partition coefficient (Wildman–Crippen LogP) is 3.24. The van der Waals surface area contributed by atoms with Crippen molar-refractivity contribution in [1.82, 2.24) is 14.5 Å². The van der Waals surface area contributed by atoms with Crippen molar-refractivity contribution in [3.05, 3.63) is 53.1 Å². The van der Waals surface area contributed by atoms with E-state index in [9.17, 15) is 9.59 Å². The Kier molecular flexibility index (Phi) is 7.16. The molecular weight excluding hydrogens is 342 g/mol. The summed E-state index contributed by atoms with van der Waals surface area (Å²) < 4.78 is 1.72. The molecule has 1 aliphatic rings. The number of amides is 1. The number of aromatic nitrogens is 3. The zero-order chi connectivity index (χ0) is 19.8. The van der Waals surface area contributed by atoms with Gasteiger partial charge in [-0.25, -0.2) is 9.78 Å². The molecule has 0 radical (unpaired) electrons. The molecule has 7 nitrogen and oxygen atoms in total. The zero-order valence-corrected chi connectivity index (χ0v) is 16.3. The monoisotopic (exact) mass is 369 g/mol. The number of carbonyl (C=O) groups excluding carboxylic acids is 1. The molecule has 1 amide bonds. The van der Waals surface area contributed by atoms with Crippen LogP contribution >= 0.6 is 0 Å². The lowest BCUT2D eigenvalue weighted by Gasteiger charge is -2.27. The van der Waals surface area contributed by atoms with Crippen LogP contribution in [0.3, 0.4) is 0 Å². The number of nitrogens with one attached hydrogen (secondary N) is 2. The second-order valence-electron chi connectivity index (χ2n) is 5.56. The zero-order valence-electron chi connectivity index (χ0n) is 16.3. The standard InChI is InChI=1S/C9H11N3O.C9H10N2O.C2H6/c1-2-12-8(13)6-11-7-4-3-5-10-9(7)12;1-2-11-8-6-4-3-5-7(8)10-9(11)12;1-2/h3-5,11H,2,6H2,1H3;3-6H,2H2,1H3,(H,10,12);1-2H3. The maximum atomic E-state index is 11.4. The van der Waals surface area contributed by atoms with Crippen molar-refractivity contribution in [3.8, 4) is 0 Å². The van der Waals surface area contributed by atoms with Gasteiger partial charge in [0.05, 0.1) is 23.3 Å². The Morgan fingerprint density at radius 3 is 2.48 bits per heavy atom. The van der Waals surface area contributed by atoms with Gasteiger partial charge < -0.3 is 10.3 Å². The van der Waals surface area contributed by atoms with Crippen LogP contribution in [0.1, 0.15) is 27.7 Å². The summed E-state index contributed by atoms with van der Waals surface area (Å²) in [7, 11) is 0. The van der Waals surface area contributed by atoms with Gasteiger partial charge in [-0.05, 0) is 38.1 Å². The third kappa shape index (κ3) is 4.36. The smallest absolute Gasteiger partial charge is 0.326 e. The molecule has 0 fully saturated rings. The number of fused-ring (bicyclic) bond motifs is 2. The van der Waals surface area contributed by atoms with Crippen LogP contribution in [-0.4, -0.2) is 33.5 Å². The number of aromatic amines is 1. The molecule has 1 aromatic carbocycles. The third-order valence-electron chi connectivity index (χ3n) is 4.09. The van der Waals surface area contributed by atoms with Gasteiger partial charge in [0.15, 0.2) is 5.82 Å². The minimum atomic E-state index is -0.0290. The Morgan fingerprint density at radius 1 is 1.04 bits per heavy atom. The molecule has 3 aromatic rings. The molecule has 0 atom stereocenters. The summed E-state index contributed by atoms with van der Waals surface area (Å²) in [6, 6.07) is 11.5. The Morgan fingerprint density at radius 2 is 1.78 bits per heavy atom. The Hall–Kier alpha value is -3.09. The Labute approximate surface area is 159 Å². The molecule has 3 heterocycles. The van der Waals surface area contributed by atoms with Crippen LogP contribution in [0.2, 0.25) is 0 Å². The number of rotatable bonds is 2. The van der Waals surface area contributed by atoms with E-state index in [1.54, 1.807) is 15.7 Å². The van der Waals surface area contributed by atoms with Crippen LogP contribution in [0.4, 0.5) is 11.5 Å². The first kappa shape index (κ1) is 20.2. The van der Waals surface area contributed by atoms with Crippen molar-refractivity contribution in [3.63, 3.8) is 0 Å². The van der Waals surface area contributed by atoms with Gasteiger partial charge in [0.1, 0.15) is 0 Å². The number of aryl methyl sites for hydroxylation is 1. The Bertz CT molecular complexity index is 945. The van der Waals surface area contributed by atoms with Gasteiger partial charge in [-0.2, -0.15) is 0 Å². The number of nitrogens with zero attached hydrogens (tertiary/aromatic N) is 3. The first-order chi connectivity index (χ1) is 13.2. The summed E-state index contributed by atoms with van der Waals surface area (Å²) in [5.41, 5.74) is 2.79. The van der Waals surface area contributed by atoms with Crippen molar-refractivity contribution in [1.29, 1.82) is 0 Å². The summed E-state index contributed by atoms with van der Waals surface area (Å²) in [4.78, 5) is 31.3. The predicted molar refractivity (Wildman–Crippen MR) is 110 cm³/mol. The van der Waals surface area contributed by atoms with E-state index in [0.717, 1.165) is 22.5 Å². The Balaban J connectivity index is 0.000000178. The molecule has 0 bridgehead atoms. The normalized spacial score (nSPS) is 12.3. The van der Waals surface area contributed by atoms with Crippen molar-refractivity contribution < 1.29 is 4.79 Å². The van der Waals surface area contributed by atoms with Crippen molar-refractivity contribution >= 4 is 28.4 Å². The molecule has 4 rings (SSSR count). The number of hydrogen-bond acceptors (Lipinski definition) is 4. The van der Waals surface area contributed by atoms with E-state index in [-0.39, 0.29) is 11.6 Å². The molecule has 2 aromatic heterocycles. The lowest BCUT2D eigenvalue weighted by atomic mass is 10.3. The van der Waals surface area contributed by atoms with E-state index in [1.807, 2.05) is 64.1 Å². The van der Waals surface area contributed by atoms with Crippen LogP contribution in [0.15, 0.2) is 47.4 Å². The highest BCUT2D eigenvalue weighted by atomic mass is 16.2. The van der Waals surface area contributed by atoms with Gasteiger partial charge in [-0.3, -0.25) is 14.3 Å². The highest BCUT2D eigenvalue weighted by Crippen LogP contribution is 2.25. The molecule has 0 spiro atoms. The molecule has 7 heteroatoms. The number of pyridine rings is 1. The lowest BCUT2D eigenvalue weighted by molar-refractivity contribution is -0.117. The van der Waals surface area contributed by atoms with Crippen LogP contribution in [0.25, 0.3) is 11.0 Å². The first-order valence-electron chi connectivity index (χ1n) is 9.32. The van der Waals surface area contributed by atoms with Crippen LogP contribution in [0, 0.1) is 0 Å². The second-order valence-corrected chi connectivity index (χ2v) is 5.56. The maximum Gasteiger partial charge on any atom is 0.326 e. The number of carbonyl (C=O) groups is 1. The number of likely N-dealkylation sites (N-methyl/N-ethyl adjacent to an activating group) is 1. The minimum Gasteiger partial charge on any atom is -0.373 e. The highest BCUT2D eigenvalue weighted by Gasteiger charge is 2.22. The SMILES string of the molecule is CC.CCN1C(=O)CNc2cccnc21.CCn1c(=O)[nH]c2ccccc21. The summed E-state index contributed by atoms with van der Waals surface area (Å²) >= 11 is 0. The number of para-hydroxylation sites is 2. The molecular formula is C20H27N5O2. The minimum absolute atomic E-state index is 0.0290. The molecule has 27 heavy (non-hydrogen) atoms. The van der Waals surface area contributed by atoms with Gasteiger partial charge in [-0.15, -0.1) is 0 Å². The van der Waals surface area contributed by atoms with Crippen molar-refractivity contribution in [2.45, 2.75) is 34.2 Å². The second kappa shape index (κ2) is 9.56. The number of anilines is 2. The van der Waals surface area contributed by atoms with Gasteiger partial charge in [0.2, 0.25) is 5.91 Å². The topological polar surface area (TPSA) is 83.0 Å². The average Bonchev–Trinajstić information content (AvgIpc) is 3.05. The molecule has 1 aliphatic heterocycles. The van der Waals surface area contributed by atoms with Gasteiger partial charge in [-0.1, -0.05) is 26.0 Å². The van der Waals surface area contributed by atoms with Gasteiger partial charge >= 0.3 is 5.69 Å². The van der Waals surface area contributed by atoms with E-state index in [1.165, 1.54) is 0 Å². The van der Waals surface area contributed by atoms with E-state index in [2.05, 4.69) is 15.3 Å². The van der Waals surface area contributed by atoms with Gasteiger partial charge in [0, 0.05) is 19.3 Å². The molecule has 0 unspecified atom stereocenters. The first-order valence-corrected chi connectivity index (χ1v) is 9.32. The molecule has 0 saturated carbocycles. The van der Waals surface area contributed by atoms with E-state index >= 15 is 0 Å². The molecule has 2 N–H and O–H groups in total. The number of H-pyrrole nitrogens is 1. The van der Waals surface area contributed by atoms with Crippen LogP contribution in [0.5, 0.6) is 0 Å². The quantitative estimate of drug-likeness (QED) is 0.726. The molecule has 0 saturated heterocycles. The van der Waals surface area contributed by atoms with Crippen molar-refractivity contribution in [2.24, 2.45) is 0 Å². The largest absolute Gasteiger partial charge is 0.373 e. The fraction of sp³-hybridized carbons (Fsp3) is 0.350. The molecule has 0 aliphatic carbocycles. The van der Waals surface area contributed by atoms with Crippen LogP contribution in [-0.2, 0) is 11.3 Å². The van der Waals surface area contributed by atoms with E-state index < -0.39 is 0 Å². The van der Waals surface area contributed by atoms with Gasteiger partial charge in [0.25, 0.3) is 0 Å². The average molecular weight is 369 g/mol. The summed E-state index contributed by atoms with van der Waals surface area (Å²) in [6.07, 6.45) is 1.70. The number of benzene rings is 1.